The van der Waals surface area contributed by atoms with Crippen LogP contribution < -0.4 is 10.1 Å². The number of nitrogens with one attached hydrogen (secondary N) is 1. The number of carbonyl (C=O) groups excluding carboxylic acids is 1. The van der Waals surface area contributed by atoms with E-state index in [0.717, 1.165) is 28.1 Å². The van der Waals surface area contributed by atoms with Gasteiger partial charge in [0.1, 0.15) is 12.4 Å². The molecule has 0 fully saturated rings. The lowest BCUT2D eigenvalue weighted by Gasteiger charge is -2.14. The summed E-state index contributed by atoms with van der Waals surface area (Å²) in [5.74, 6) is 0.886. The van der Waals surface area contributed by atoms with E-state index in [1.165, 1.54) is 5.56 Å². The Morgan fingerprint density at radius 1 is 1.05 bits per heavy atom. The van der Waals surface area contributed by atoms with Crippen molar-refractivity contribution in [3.8, 4) is 5.75 Å². The highest BCUT2D eigenvalue weighted by molar-refractivity contribution is 5.91. The van der Waals surface area contributed by atoms with Crippen LogP contribution >= 0.6 is 0 Å². The highest BCUT2D eigenvalue weighted by atomic mass is 16.5. The summed E-state index contributed by atoms with van der Waals surface area (Å²) in [6.07, 6.45) is 0.464. The van der Waals surface area contributed by atoms with E-state index >= 15 is 0 Å². The van der Waals surface area contributed by atoms with Gasteiger partial charge in [-0.05, 0) is 38.5 Å². The Balaban J connectivity index is 2.17. The Kier molecular flexibility index (Phi) is 5.21. The van der Waals surface area contributed by atoms with Gasteiger partial charge in [0, 0.05) is 17.7 Å². The number of amides is 1. The number of carbonyl (C=O) groups is 1. The topological polar surface area (TPSA) is 38.3 Å². The normalized spacial score (nSPS) is 10.4. The molecule has 3 nitrogen and oxygen atoms in total. The van der Waals surface area contributed by atoms with Crippen LogP contribution in [-0.2, 0) is 11.4 Å². The second-order valence-electron chi connectivity index (χ2n) is 5.62. The van der Waals surface area contributed by atoms with Gasteiger partial charge < -0.3 is 10.1 Å². The lowest BCUT2D eigenvalue weighted by Crippen LogP contribution is -2.12. The standard InChI is InChI=1S/C19H23NO2/c1-5-19(21)20-17-8-6-14(3)11-16(17)12-22-18-9-7-13(2)10-15(18)4/h6-11H,5,12H2,1-4H3,(H,20,21). The maximum absolute atomic E-state index is 11.6. The first-order valence-corrected chi connectivity index (χ1v) is 7.59. The molecular formula is C19H23NO2. The maximum Gasteiger partial charge on any atom is 0.224 e. The van der Waals surface area contributed by atoms with Gasteiger partial charge >= 0.3 is 0 Å². The smallest absolute Gasteiger partial charge is 0.224 e. The van der Waals surface area contributed by atoms with Crippen molar-refractivity contribution in [2.24, 2.45) is 0 Å². The predicted octanol–water partition coefficient (Wildman–Crippen LogP) is 4.54. The third-order valence-corrected chi connectivity index (χ3v) is 3.57. The van der Waals surface area contributed by atoms with Gasteiger partial charge in [-0.2, -0.15) is 0 Å². The lowest BCUT2D eigenvalue weighted by atomic mass is 10.1. The molecule has 0 saturated heterocycles. The molecule has 2 rings (SSSR count). The van der Waals surface area contributed by atoms with E-state index in [0.29, 0.717) is 13.0 Å². The molecule has 0 bridgehead atoms. The molecule has 2 aromatic rings. The van der Waals surface area contributed by atoms with Crippen molar-refractivity contribution in [3.63, 3.8) is 0 Å². The van der Waals surface area contributed by atoms with Crippen LogP contribution in [0.3, 0.4) is 0 Å². The van der Waals surface area contributed by atoms with Crippen molar-refractivity contribution in [1.82, 2.24) is 0 Å². The van der Waals surface area contributed by atoms with Gasteiger partial charge in [0.2, 0.25) is 5.91 Å². The zero-order chi connectivity index (χ0) is 16.1. The molecule has 0 saturated carbocycles. The third kappa shape index (κ3) is 4.10. The van der Waals surface area contributed by atoms with Crippen LogP contribution in [0.2, 0.25) is 0 Å². The Hall–Kier alpha value is -2.29. The number of hydrogen-bond acceptors (Lipinski definition) is 2. The van der Waals surface area contributed by atoms with E-state index in [-0.39, 0.29) is 5.91 Å². The van der Waals surface area contributed by atoms with E-state index < -0.39 is 0 Å². The minimum absolute atomic E-state index is 0.0108. The third-order valence-electron chi connectivity index (χ3n) is 3.57. The average Bonchev–Trinajstić information content (AvgIpc) is 2.48. The second-order valence-corrected chi connectivity index (χ2v) is 5.62. The molecule has 22 heavy (non-hydrogen) atoms. The zero-order valence-corrected chi connectivity index (χ0v) is 13.7. The van der Waals surface area contributed by atoms with Crippen LogP contribution in [0.5, 0.6) is 5.75 Å². The number of anilines is 1. The van der Waals surface area contributed by atoms with Gasteiger partial charge in [-0.15, -0.1) is 0 Å². The molecule has 0 aliphatic rings. The predicted molar refractivity (Wildman–Crippen MR) is 90.3 cm³/mol. The van der Waals surface area contributed by atoms with Crippen molar-refractivity contribution in [2.45, 2.75) is 40.7 Å². The van der Waals surface area contributed by atoms with Crippen LogP contribution in [0, 0.1) is 20.8 Å². The summed E-state index contributed by atoms with van der Waals surface area (Å²) in [6, 6.07) is 12.1. The van der Waals surface area contributed by atoms with Gasteiger partial charge in [-0.1, -0.05) is 42.3 Å². The number of rotatable bonds is 5. The van der Waals surface area contributed by atoms with Crippen molar-refractivity contribution in [1.29, 1.82) is 0 Å². The van der Waals surface area contributed by atoms with Crippen molar-refractivity contribution < 1.29 is 9.53 Å². The number of ether oxygens (including phenoxy) is 1. The SMILES string of the molecule is CCC(=O)Nc1ccc(C)cc1COc1ccc(C)cc1C. The minimum atomic E-state index is 0.0108. The molecule has 3 heteroatoms. The quantitative estimate of drug-likeness (QED) is 0.880. The zero-order valence-electron chi connectivity index (χ0n) is 13.7. The molecule has 0 unspecified atom stereocenters. The van der Waals surface area contributed by atoms with E-state index in [9.17, 15) is 4.79 Å². The number of aryl methyl sites for hydroxylation is 3. The van der Waals surface area contributed by atoms with Crippen LogP contribution in [0.25, 0.3) is 0 Å². The number of benzene rings is 2. The molecule has 1 amide bonds. The van der Waals surface area contributed by atoms with Gasteiger partial charge in [-0.25, -0.2) is 0 Å². The maximum atomic E-state index is 11.6. The molecule has 0 atom stereocenters. The van der Waals surface area contributed by atoms with Crippen molar-refractivity contribution in [3.05, 3.63) is 58.7 Å². The Bertz CT molecular complexity index is 677. The molecule has 0 heterocycles. The summed E-state index contributed by atoms with van der Waals surface area (Å²) in [5, 5.41) is 2.93. The molecule has 116 valence electrons. The Labute approximate surface area is 132 Å². The van der Waals surface area contributed by atoms with Crippen molar-refractivity contribution in [2.75, 3.05) is 5.32 Å². The number of hydrogen-bond donors (Lipinski definition) is 1. The molecule has 0 aromatic heterocycles. The molecule has 0 aliphatic carbocycles. The fraction of sp³-hybridized carbons (Fsp3) is 0.316. The van der Waals surface area contributed by atoms with Crippen LogP contribution in [0.1, 0.15) is 35.6 Å². The fourth-order valence-corrected chi connectivity index (χ4v) is 2.32. The summed E-state index contributed by atoms with van der Waals surface area (Å²) in [4.78, 5) is 11.6. The lowest BCUT2D eigenvalue weighted by molar-refractivity contribution is -0.115. The van der Waals surface area contributed by atoms with E-state index in [4.69, 9.17) is 4.74 Å². The summed E-state index contributed by atoms with van der Waals surface area (Å²) >= 11 is 0. The van der Waals surface area contributed by atoms with E-state index in [1.54, 1.807) is 0 Å². The Morgan fingerprint density at radius 3 is 2.41 bits per heavy atom. The first-order valence-electron chi connectivity index (χ1n) is 7.59. The highest BCUT2D eigenvalue weighted by Gasteiger charge is 2.08. The van der Waals surface area contributed by atoms with E-state index in [1.807, 2.05) is 45.0 Å². The molecular weight excluding hydrogens is 274 g/mol. The van der Waals surface area contributed by atoms with Gasteiger partial charge in [0.05, 0.1) is 0 Å². The largest absolute Gasteiger partial charge is 0.489 e. The van der Waals surface area contributed by atoms with Crippen molar-refractivity contribution >= 4 is 11.6 Å². The Morgan fingerprint density at radius 2 is 1.73 bits per heavy atom. The highest BCUT2D eigenvalue weighted by Crippen LogP contribution is 2.23. The summed E-state index contributed by atoms with van der Waals surface area (Å²) in [7, 11) is 0. The van der Waals surface area contributed by atoms with Crippen LogP contribution in [0.15, 0.2) is 36.4 Å². The molecule has 0 spiro atoms. The fourth-order valence-electron chi connectivity index (χ4n) is 2.32. The van der Waals surface area contributed by atoms with Crippen LogP contribution in [-0.4, -0.2) is 5.91 Å². The molecule has 0 aliphatic heterocycles. The first-order chi connectivity index (χ1) is 10.5. The van der Waals surface area contributed by atoms with Gasteiger partial charge in [0.25, 0.3) is 0 Å². The monoisotopic (exact) mass is 297 g/mol. The molecule has 1 N–H and O–H groups in total. The van der Waals surface area contributed by atoms with E-state index in [2.05, 4.69) is 24.4 Å². The minimum Gasteiger partial charge on any atom is -0.489 e. The molecule has 0 radical (unpaired) electrons. The van der Waals surface area contributed by atoms with Crippen LogP contribution in [0.4, 0.5) is 5.69 Å². The molecule has 2 aromatic carbocycles. The van der Waals surface area contributed by atoms with Gasteiger partial charge in [0.15, 0.2) is 0 Å². The second kappa shape index (κ2) is 7.12. The summed E-state index contributed by atoms with van der Waals surface area (Å²) in [6.45, 7) is 8.42. The van der Waals surface area contributed by atoms with Gasteiger partial charge in [-0.3, -0.25) is 4.79 Å². The summed E-state index contributed by atoms with van der Waals surface area (Å²) < 4.78 is 5.94. The summed E-state index contributed by atoms with van der Waals surface area (Å²) in [5.41, 5.74) is 5.29. The average molecular weight is 297 g/mol. The first kappa shape index (κ1) is 16.1.